The second-order valence-electron chi connectivity index (χ2n) is 4.05. The number of hydrogen-bond donors (Lipinski definition) is 2. The van der Waals surface area contributed by atoms with Crippen molar-refractivity contribution >= 4 is 11.9 Å². The highest BCUT2D eigenvalue weighted by Gasteiger charge is 2.58. The van der Waals surface area contributed by atoms with E-state index in [2.05, 4.69) is 4.98 Å². The average Bonchev–Trinajstić information content (AvgIpc) is 2.27. The normalized spacial score (nSPS) is 14.6. The summed E-state index contributed by atoms with van der Waals surface area (Å²) >= 11 is 0. The molecule has 1 atom stereocenters. The van der Waals surface area contributed by atoms with Gasteiger partial charge in [0, 0.05) is 5.69 Å². The van der Waals surface area contributed by atoms with E-state index >= 15 is 0 Å². The molecule has 104 valence electrons. The Morgan fingerprint density at radius 3 is 2.32 bits per heavy atom. The average molecular weight is 276 g/mol. The van der Waals surface area contributed by atoms with Crippen LogP contribution in [0.25, 0.3) is 0 Å². The topological polar surface area (TPSA) is 79.3 Å². The zero-order chi connectivity index (χ0) is 14.8. The second-order valence-corrected chi connectivity index (χ2v) is 4.05. The minimum Gasteiger partial charge on any atom is -0.479 e. The number of pyridine rings is 1. The van der Waals surface area contributed by atoms with Crippen LogP contribution in [0.5, 0.6) is 0 Å². The van der Waals surface area contributed by atoms with Crippen LogP contribution in [-0.2, 0) is 4.79 Å². The molecule has 0 radical (unpaired) electrons. The summed E-state index contributed by atoms with van der Waals surface area (Å²) in [5.41, 5.74) is -3.22. The Morgan fingerprint density at radius 1 is 1.32 bits per heavy atom. The lowest BCUT2D eigenvalue weighted by Crippen LogP contribution is -2.62. The van der Waals surface area contributed by atoms with Crippen molar-refractivity contribution in [2.45, 2.75) is 25.6 Å². The molecule has 0 aliphatic rings. The van der Waals surface area contributed by atoms with Crippen molar-refractivity contribution in [3.8, 4) is 0 Å². The molecule has 5 nitrogen and oxygen atoms in total. The van der Waals surface area contributed by atoms with Crippen LogP contribution in [0.2, 0.25) is 0 Å². The number of nitrogens with zero attached hydrogens (tertiary/aromatic N) is 1. The Bertz CT molecular complexity index is 516. The lowest BCUT2D eigenvalue weighted by molar-refractivity contribution is -0.203. The molecule has 1 unspecified atom stereocenters. The van der Waals surface area contributed by atoms with Gasteiger partial charge in [0.1, 0.15) is 5.69 Å². The molecule has 0 aliphatic heterocycles. The molecule has 1 aromatic rings. The van der Waals surface area contributed by atoms with Crippen LogP contribution in [0.1, 0.15) is 23.1 Å². The van der Waals surface area contributed by atoms with E-state index in [1.807, 2.05) is 0 Å². The van der Waals surface area contributed by atoms with Crippen LogP contribution in [0.3, 0.4) is 0 Å². The summed E-state index contributed by atoms with van der Waals surface area (Å²) in [4.78, 5) is 26.1. The Kier molecular flexibility index (Phi) is 3.83. The van der Waals surface area contributed by atoms with Gasteiger partial charge in [-0.05, 0) is 26.0 Å². The van der Waals surface area contributed by atoms with Crippen molar-refractivity contribution in [3.63, 3.8) is 0 Å². The number of halogens is 3. The first-order chi connectivity index (χ1) is 8.58. The predicted molar refractivity (Wildman–Crippen MR) is 58.5 cm³/mol. The van der Waals surface area contributed by atoms with Gasteiger partial charge in [-0.2, -0.15) is 13.2 Å². The maximum absolute atomic E-state index is 12.7. The number of carboxylic acid groups (broad SMARTS) is 1. The molecule has 0 aliphatic carbocycles. The van der Waals surface area contributed by atoms with Gasteiger partial charge in [0.05, 0.1) is 0 Å². The lowest BCUT2D eigenvalue weighted by Gasteiger charge is -2.28. The highest BCUT2D eigenvalue weighted by Crippen LogP contribution is 2.30. The van der Waals surface area contributed by atoms with Gasteiger partial charge < -0.3 is 10.4 Å². The van der Waals surface area contributed by atoms with E-state index in [1.165, 1.54) is 17.4 Å². The zero-order valence-electron chi connectivity index (χ0n) is 10.1. The molecule has 2 N–H and O–H groups in total. The number of aliphatic carboxylic acids is 1. The molecule has 0 aromatic carbocycles. The number of alkyl halides is 3. The van der Waals surface area contributed by atoms with Crippen LogP contribution in [0.4, 0.5) is 13.2 Å². The van der Waals surface area contributed by atoms with Gasteiger partial charge in [-0.15, -0.1) is 0 Å². The van der Waals surface area contributed by atoms with Crippen molar-refractivity contribution in [2.75, 3.05) is 0 Å². The summed E-state index contributed by atoms with van der Waals surface area (Å²) in [7, 11) is 0. The van der Waals surface area contributed by atoms with E-state index in [4.69, 9.17) is 5.11 Å². The maximum Gasteiger partial charge on any atom is 0.422 e. The quantitative estimate of drug-likeness (QED) is 0.877. The standard InChI is InChI=1S/C11H11F3N2O3/c1-6-4-3-5-7(15-6)8(17)16-10(2,9(18)19)11(12,13)14/h3-5H,1-2H3,(H,16,17)(H,18,19). The van der Waals surface area contributed by atoms with Gasteiger partial charge in [0.15, 0.2) is 0 Å². The number of carboxylic acids is 1. The van der Waals surface area contributed by atoms with E-state index in [0.717, 1.165) is 0 Å². The van der Waals surface area contributed by atoms with Crippen molar-refractivity contribution in [2.24, 2.45) is 0 Å². The van der Waals surface area contributed by atoms with Crippen molar-refractivity contribution in [1.29, 1.82) is 0 Å². The molecule has 0 fully saturated rings. The van der Waals surface area contributed by atoms with Crippen molar-refractivity contribution in [3.05, 3.63) is 29.6 Å². The first kappa shape index (κ1) is 14.9. The van der Waals surface area contributed by atoms with Crippen LogP contribution in [-0.4, -0.2) is 33.7 Å². The highest BCUT2D eigenvalue weighted by atomic mass is 19.4. The summed E-state index contributed by atoms with van der Waals surface area (Å²) in [5.74, 6) is -3.40. The molecule has 19 heavy (non-hydrogen) atoms. The lowest BCUT2D eigenvalue weighted by atomic mass is 10.0. The maximum atomic E-state index is 12.7. The zero-order valence-corrected chi connectivity index (χ0v) is 10.1. The van der Waals surface area contributed by atoms with Crippen LogP contribution >= 0.6 is 0 Å². The fourth-order valence-electron chi connectivity index (χ4n) is 1.21. The molecule has 0 bridgehead atoms. The van der Waals surface area contributed by atoms with E-state index in [1.54, 1.807) is 13.0 Å². The largest absolute Gasteiger partial charge is 0.479 e. The van der Waals surface area contributed by atoms with E-state index in [0.29, 0.717) is 12.6 Å². The van der Waals surface area contributed by atoms with Gasteiger partial charge in [-0.1, -0.05) is 6.07 Å². The molecule has 1 heterocycles. The molecule has 0 spiro atoms. The van der Waals surface area contributed by atoms with Gasteiger partial charge in [-0.3, -0.25) is 4.79 Å². The minimum absolute atomic E-state index is 0.281. The van der Waals surface area contributed by atoms with Gasteiger partial charge in [0.2, 0.25) is 5.54 Å². The van der Waals surface area contributed by atoms with Gasteiger partial charge in [0.25, 0.3) is 5.91 Å². The summed E-state index contributed by atoms with van der Waals surface area (Å²) in [5, 5.41) is 10.1. The summed E-state index contributed by atoms with van der Waals surface area (Å²) in [6.45, 7) is 1.93. The smallest absolute Gasteiger partial charge is 0.422 e. The molecular weight excluding hydrogens is 265 g/mol. The van der Waals surface area contributed by atoms with E-state index < -0.39 is 23.6 Å². The predicted octanol–water partition coefficient (Wildman–Crippen LogP) is 1.53. The van der Waals surface area contributed by atoms with E-state index in [9.17, 15) is 22.8 Å². The Labute approximate surface area is 106 Å². The third kappa shape index (κ3) is 3.01. The number of carbonyl (C=O) groups is 2. The van der Waals surface area contributed by atoms with Gasteiger partial charge in [-0.25, -0.2) is 9.78 Å². The monoisotopic (exact) mass is 276 g/mol. The summed E-state index contributed by atoms with van der Waals surface area (Å²) in [6.07, 6.45) is -5.13. The number of aromatic nitrogens is 1. The number of amides is 1. The Balaban J connectivity index is 3.06. The van der Waals surface area contributed by atoms with Crippen molar-refractivity contribution < 1.29 is 27.9 Å². The van der Waals surface area contributed by atoms with Crippen molar-refractivity contribution in [1.82, 2.24) is 10.3 Å². The molecular formula is C11H11F3N2O3. The number of carbonyl (C=O) groups excluding carboxylic acids is 1. The summed E-state index contributed by atoms with van der Waals surface area (Å²) in [6, 6.07) is 4.18. The van der Waals surface area contributed by atoms with Crippen LogP contribution in [0.15, 0.2) is 18.2 Å². The molecule has 0 saturated carbocycles. The molecule has 1 amide bonds. The Morgan fingerprint density at radius 2 is 1.89 bits per heavy atom. The fraction of sp³-hybridized carbons (Fsp3) is 0.364. The minimum atomic E-state index is -5.13. The second kappa shape index (κ2) is 4.87. The molecule has 0 saturated heterocycles. The fourth-order valence-corrected chi connectivity index (χ4v) is 1.21. The van der Waals surface area contributed by atoms with E-state index in [-0.39, 0.29) is 5.69 Å². The number of hydrogen-bond acceptors (Lipinski definition) is 3. The van der Waals surface area contributed by atoms with Crippen LogP contribution < -0.4 is 5.32 Å². The molecule has 1 rings (SSSR count). The first-order valence-electron chi connectivity index (χ1n) is 5.14. The third-order valence-corrected chi connectivity index (χ3v) is 2.48. The van der Waals surface area contributed by atoms with Crippen LogP contribution in [0, 0.1) is 6.92 Å². The van der Waals surface area contributed by atoms with Gasteiger partial charge >= 0.3 is 12.1 Å². The SMILES string of the molecule is Cc1cccc(C(=O)NC(C)(C(=O)O)C(F)(F)F)n1. The third-order valence-electron chi connectivity index (χ3n) is 2.48. The Hall–Kier alpha value is -2.12. The number of aryl methyl sites for hydroxylation is 1. The summed E-state index contributed by atoms with van der Waals surface area (Å²) < 4.78 is 38.1. The number of nitrogens with one attached hydrogen (secondary N) is 1. The first-order valence-corrected chi connectivity index (χ1v) is 5.14. The highest BCUT2D eigenvalue weighted by molar-refractivity contribution is 5.96. The molecule has 1 aromatic heterocycles. The number of rotatable bonds is 3. The molecule has 8 heteroatoms.